The average molecular weight is 311 g/mol. The standard InChI is InChI=1S/C16H25NO3S/c1-14(2)12-21(18,19)17-13-16(8-10-20-11-9-16)15-6-4-3-5-7-15/h3-7,14,17H,8-13H2,1-2H3. The summed E-state index contributed by atoms with van der Waals surface area (Å²) in [6, 6.07) is 10.2. The first-order chi connectivity index (χ1) is 9.94. The predicted molar refractivity (Wildman–Crippen MR) is 84.8 cm³/mol. The smallest absolute Gasteiger partial charge is 0.211 e. The Morgan fingerprint density at radius 3 is 2.38 bits per heavy atom. The first kappa shape index (κ1) is 16.5. The van der Waals surface area contributed by atoms with Gasteiger partial charge in [0.05, 0.1) is 5.75 Å². The molecular formula is C16H25NO3S. The van der Waals surface area contributed by atoms with E-state index in [9.17, 15) is 8.42 Å². The molecule has 0 atom stereocenters. The highest BCUT2D eigenvalue weighted by Crippen LogP contribution is 2.34. The van der Waals surface area contributed by atoms with Crippen LogP contribution in [0.4, 0.5) is 0 Å². The van der Waals surface area contributed by atoms with E-state index in [1.165, 1.54) is 5.56 Å². The molecule has 0 amide bonds. The van der Waals surface area contributed by atoms with E-state index in [1.54, 1.807) is 0 Å². The van der Waals surface area contributed by atoms with E-state index < -0.39 is 10.0 Å². The fourth-order valence-corrected chi connectivity index (χ4v) is 4.36. The zero-order valence-corrected chi connectivity index (χ0v) is 13.7. The SMILES string of the molecule is CC(C)CS(=O)(=O)NCC1(c2ccccc2)CCOCC1. The lowest BCUT2D eigenvalue weighted by atomic mass is 9.74. The van der Waals surface area contributed by atoms with Gasteiger partial charge in [-0.15, -0.1) is 0 Å². The molecule has 0 unspecified atom stereocenters. The Bertz CT molecular complexity index is 534. The molecule has 0 saturated carbocycles. The number of sulfonamides is 1. The number of hydrogen-bond acceptors (Lipinski definition) is 3. The molecule has 0 radical (unpaired) electrons. The van der Waals surface area contributed by atoms with Crippen LogP contribution in [0.5, 0.6) is 0 Å². The van der Waals surface area contributed by atoms with Gasteiger partial charge in [0, 0.05) is 25.2 Å². The van der Waals surface area contributed by atoms with Crippen LogP contribution in [-0.4, -0.2) is 33.9 Å². The fraction of sp³-hybridized carbons (Fsp3) is 0.625. The van der Waals surface area contributed by atoms with E-state index in [-0.39, 0.29) is 17.1 Å². The van der Waals surface area contributed by atoms with E-state index in [4.69, 9.17) is 4.74 Å². The summed E-state index contributed by atoms with van der Waals surface area (Å²) in [5, 5.41) is 0. The van der Waals surface area contributed by atoms with Crippen LogP contribution in [-0.2, 0) is 20.2 Å². The van der Waals surface area contributed by atoms with Crippen molar-refractivity contribution in [2.75, 3.05) is 25.5 Å². The molecule has 1 aromatic carbocycles. The van der Waals surface area contributed by atoms with Crippen molar-refractivity contribution < 1.29 is 13.2 Å². The van der Waals surface area contributed by atoms with Crippen molar-refractivity contribution >= 4 is 10.0 Å². The van der Waals surface area contributed by atoms with Crippen LogP contribution in [0.1, 0.15) is 32.3 Å². The lowest BCUT2D eigenvalue weighted by Gasteiger charge is -2.38. The van der Waals surface area contributed by atoms with Crippen molar-refractivity contribution in [3.8, 4) is 0 Å². The maximum absolute atomic E-state index is 12.1. The maximum Gasteiger partial charge on any atom is 0.211 e. The van der Waals surface area contributed by atoms with Gasteiger partial charge in [-0.2, -0.15) is 0 Å². The molecule has 118 valence electrons. The van der Waals surface area contributed by atoms with Crippen LogP contribution in [0.2, 0.25) is 0 Å². The Kier molecular flexibility index (Phi) is 5.41. The summed E-state index contributed by atoms with van der Waals surface area (Å²) in [5.74, 6) is 0.304. The van der Waals surface area contributed by atoms with Crippen molar-refractivity contribution in [3.63, 3.8) is 0 Å². The number of rotatable bonds is 6. The van der Waals surface area contributed by atoms with Crippen molar-refractivity contribution in [1.29, 1.82) is 0 Å². The van der Waals surface area contributed by atoms with Crippen LogP contribution >= 0.6 is 0 Å². The number of ether oxygens (including phenoxy) is 1. The van der Waals surface area contributed by atoms with Gasteiger partial charge in [-0.25, -0.2) is 13.1 Å². The van der Waals surface area contributed by atoms with Crippen molar-refractivity contribution in [2.45, 2.75) is 32.1 Å². The van der Waals surface area contributed by atoms with E-state index in [0.29, 0.717) is 19.8 Å². The second kappa shape index (κ2) is 6.90. The third-order valence-corrected chi connectivity index (χ3v) is 5.71. The van der Waals surface area contributed by atoms with Crippen LogP contribution in [0, 0.1) is 5.92 Å². The monoisotopic (exact) mass is 311 g/mol. The molecule has 0 aliphatic carbocycles. The lowest BCUT2D eigenvalue weighted by molar-refractivity contribution is 0.0517. The van der Waals surface area contributed by atoms with Gasteiger partial charge >= 0.3 is 0 Å². The zero-order chi connectivity index (χ0) is 15.3. The van der Waals surface area contributed by atoms with Crippen molar-refractivity contribution in [3.05, 3.63) is 35.9 Å². The summed E-state index contributed by atoms with van der Waals surface area (Å²) in [5.41, 5.74) is 1.05. The molecule has 1 N–H and O–H groups in total. The van der Waals surface area contributed by atoms with Crippen LogP contribution in [0.15, 0.2) is 30.3 Å². The Morgan fingerprint density at radius 2 is 1.81 bits per heavy atom. The molecule has 1 aliphatic heterocycles. The summed E-state index contributed by atoms with van der Waals surface area (Å²) in [7, 11) is -3.22. The lowest BCUT2D eigenvalue weighted by Crippen LogP contribution is -2.45. The summed E-state index contributed by atoms with van der Waals surface area (Å²) < 4.78 is 32.5. The second-order valence-corrected chi connectivity index (χ2v) is 8.11. The molecular weight excluding hydrogens is 286 g/mol. The normalized spacial score (nSPS) is 18.8. The fourth-order valence-electron chi connectivity index (χ4n) is 2.87. The summed E-state index contributed by atoms with van der Waals surface area (Å²) in [4.78, 5) is 0. The van der Waals surface area contributed by atoms with Gasteiger partial charge in [0.2, 0.25) is 10.0 Å². The first-order valence-corrected chi connectivity index (χ1v) is 9.19. The quantitative estimate of drug-likeness (QED) is 0.877. The minimum Gasteiger partial charge on any atom is -0.381 e. The minimum atomic E-state index is -3.22. The third kappa shape index (κ3) is 4.53. The molecule has 0 spiro atoms. The van der Waals surface area contributed by atoms with Crippen molar-refractivity contribution in [2.24, 2.45) is 5.92 Å². The summed E-state index contributed by atoms with van der Waals surface area (Å²) >= 11 is 0. The van der Waals surface area contributed by atoms with Crippen LogP contribution < -0.4 is 4.72 Å². The molecule has 1 aromatic rings. The van der Waals surface area contributed by atoms with Gasteiger partial charge in [-0.1, -0.05) is 44.2 Å². The molecule has 0 bridgehead atoms. The molecule has 4 nitrogen and oxygen atoms in total. The number of hydrogen-bond donors (Lipinski definition) is 1. The van der Waals surface area contributed by atoms with Crippen molar-refractivity contribution in [1.82, 2.24) is 4.72 Å². The third-order valence-electron chi connectivity index (χ3n) is 4.02. The largest absolute Gasteiger partial charge is 0.381 e. The Morgan fingerprint density at radius 1 is 1.19 bits per heavy atom. The van der Waals surface area contributed by atoms with Gasteiger partial charge in [0.25, 0.3) is 0 Å². The average Bonchev–Trinajstić information content (AvgIpc) is 2.46. The zero-order valence-electron chi connectivity index (χ0n) is 12.8. The number of benzene rings is 1. The van der Waals surface area contributed by atoms with E-state index >= 15 is 0 Å². The summed E-state index contributed by atoms with van der Waals surface area (Å²) in [6.07, 6.45) is 1.70. The molecule has 0 aromatic heterocycles. The van der Waals surface area contributed by atoms with E-state index in [2.05, 4.69) is 16.9 Å². The predicted octanol–water partition coefficient (Wildman–Crippen LogP) is 2.31. The van der Waals surface area contributed by atoms with E-state index in [0.717, 1.165) is 12.8 Å². The number of nitrogens with one attached hydrogen (secondary N) is 1. The minimum absolute atomic E-state index is 0.130. The maximum atomic E-state index is 12.1. The highest BCUT2D eigenvalue weighted by molar-refractivity contribution is 7.89. The molecule has 1 heterocycles. The highest BCUT2D eigenvalue weighted by Gasteiger charge is 2.35. The van der Waals surface area contributed by atoms with Gasteiger partial charge in [0.1, 0.15) is 0 Å². The molecule has 2 rings (SSSR count). The van der Waals surface area contributed by atoms with E-state index in [1.807, 2.05) is 32.0 Å². The Balaban J connectivity index is 2.15. The van der Waals surface area contributed by atoms with Crippen LogP contribution in [0.25, 0.3) is 0 Å². The molecule has 5 heteroatoms. The molecule has 1 aliphatic rings. The van der Waals surface area contributed by atoms with Gasteiger partial charge in [-0.3, -0.25) is 0 Å². The van der Waals surface area contributed by atoms with Crippen LogP contribution in [0.3, 0.4) is 0 Å². The van der Waals surface area contributed by atoms with Gasteiger partial charge in [0.15, 0.2) is 0 Å². The first-order valence-electron chi connectivity index (χ1n) is 7.54. The Hall–Kier alpha value is -0.910. The molecule has 21 heavy (non-hydrogen) atoms. The Labute approximate surface area is 127 Å². The molecule has 1 saturated heterocycles. The summed E-state index contributed by atoms with van der Waals surface area (Å²) in [6.45, 7) is 5.65. The second-order valence-electron chi connectivity index (χ2n) is 6.26. The highest BCUT2D eigenvalue weighted by atomic mass is 32.2. The molecule has 1 fully saturated rings. The topological polar surface area (TPSA) is 55.4 Å². The van der Waals surface area contributed by atoms with Gasteiger partial charge in [-0.05, 0) is 24.3 Å². The van der Waals surface area contributed by atoms with Gasteiger partial charge < -0.3 is 4.74 Å².